The fourth-order valence-electron chi connectivity index (χ4n) is 5.35. The molecule has 0 bridgehead atoms. The van der Waals surface area contributed by atoms with Gasteiger partial charge in [-0.2, -0.15) is 0 Å². The molecule has 2 aliphatic rings. The van der Waals surface area contributed by atoms with Crippen molar-refractivity contribution in [2.45, 2.75) is 18.0 Å². The number of benzene rings is 3. The minimum Gasteiger partial charge on any atom is -0.497 e. The van der Waals surface area contributed by atoms with Gasteiger partial charge in [0.25, 0.3) is 0 Å². The van der Waals surface area contributed by atoms with Gasteiger partial charge in [-0.15, -0.1) is 0 Å². The monoisotopic (exact) mass is 441 g/mol. The van der Waals surface area contributed by atoms with Gasteiger partial charge in [0.15, 0.2) is 0 Å². The number of carbonyl (C=O) groups is 1. The second kappa shape index (κ2) is 8.75. The zero-order valence-electron chi connectivity index (χ0n) is 18.7. The second-order valence-corrected chi connectivity index (χ2v) is 8.45. The van der Waals surface area contributed by atoms with Crippen molar-refractivity contribution >= 4 is 11.7 Å². The van der Waals surface area contributed by atoms with Crippen molar-refractivity contribution < 1.29 is 19.4 Å². The molecule has 0 unspecified atom stereocenters. The number of ether oxygens (including phenoxy) is 2. The molecule has 1 aliphatic carbocycles. The van der Waals surface area contributed by atoms with Gasteiger partial charge in [-0.3, -0.25) is 4.79 Å². The van der Waals surface area contributed by atoms with E-state index in [1.54, 1.807) is 14.2 Å². The van der Waals surface area contributed by atoms with Gasteiger partial charge in [0.05, 0.1) is 38.8 Å². The number of methoxy groups -OCH3 is 2. The van der Waals surface area contributed by atoms with Gasteiger partial charge < -0.3 is 19.5 Å². The zero-order chi connectivity index (χ0) is 22.9. The average molecular weight is 442 g/mol. The van der Waals surface area contributed by atoms with Crippen LogP contribution in [0.5, 0.6) is 5.75 Å². The molecule has 1 saturated heterocycles. The highest BCUT2D eigenvalue weighted by Gasteiger charge is 2.53. The SMILES string of the molecule is COC1=C[C@@H]2[C@@H](C(=O)N([C@@H](CO)c3ccccc3)[C@H]2c2ccc(OC)cc2)c2ccccc21. The Morgan fingerprint density at radius 3 is 2.27 bits per heavy atom. The van der Waals surface area contributed by atoms with Crippen LogP contribution in [0.25, 0.3) is 5.76 Å². The molecule has 168 valence electrons. The van der Waals surface area contributed by atoms with Gasteiger partial charge in [-0.25, -0.2) is 0 Å². The smallest absolute Gasteiger partial charge is 0.231 e. The molecular weight excluding hydrogens is 414 g/mol. The van der Waals surface area contributed by atoms with Crippen LogP contribution in [-0.4, -0.2) is 36.7 Å². The third-order valence-corrected chi connectivity index (χ3v) is 6.85. The molecule has 1 N–H and O–H groups in total. The fraction of sp³-hybridized carbons (Fsp3) is 0.250. The summed E-state index contributed by atoms with van der Waals surface area (Å²) in [5.41, 5.74) is 3.83. The molecule has 1 amide bonds. The van der Waals surface area contributed by atoms with Crippen molar-refractivity contribution in [2.75, 3.05) is 20.8 Å². The maximum absolute atomic E-state index is 14.1. The lowest BCUT2D eigenvalue weighted by molar-refractivity contribution is -0.133. The number of fused-ring (bicyclic) bond motifs is 3. The highest BCUT2D eigenvalue weighted by Crippen LogP contribution is 2.54. The Labute approximate surface area is 193 Å². The minimum atomic E-state index is -0.456. The molecule has 0 radical (unpaired) electrons. The molecule has 0 saturated carbocycles. The largest absolute Gasteiger partial charge is 0.497 e. The minimum absolute atomic E-state index is 0.0163. The first-order valence-electron chi connectivity index (χ1n) is 11.1. The van der Waals surface area contributed by atoms with Crippen LogP contribution in [-0.2, 0) is 9.53 Å². The lowest BCUT2D eigenvalue weighted by Crippen LogP contribution is -2.35. The van der Waals surface area contributed by atoms with Crippen molar-refractivity contribution in [3.05, 3.63) is 107 Å². The number of rotatable bonds is 6. The van der Waals surface area contributed by atoms with E-state index >= 15 is 0 Å². The number of aliphatic hydroxyl groups excluding tert-OH is 1. The van der Waals surface area contributed by atoms with E-state index in [2.05, 4.69) is 6.08 Å². The van der Waals surface area contributed by atoms with E-state index in [9.17, 15) is 9.90 Å². The molecule has 0 aromatic heterocycles. The van der Waals surface area contributed by atoms with Crippen LogP contribution in [0.3, 0.4) is 0 Å². The van der Waals surface area contributed by atoms with Crippen LogP contribution in [0.1, 0.15) is 40.3 Å². The summed E-state index contributed by atoms with van der Waals surface area (Å²) in [6.07, 6.45) is 2.08. The average Bonchev–Trinajstić information content (AvgIpc) is 3.16. The summed E-state index contributed by atoms with van der Waals surface area (Å²) >= 11 is 0. The normalized spacial score (nSPS) is 22.3. The summed E-state index contributed by atoms with van der Waals surface area (Å²) in [5, 5.41) is 10.5. The summed E-state index contributed by atoms with van der Waals surface area (Å²) in [6, 6.07) is 24.8. The molecular formula is C28H27NO4. The molecule has 1 heterocycles. The van der Waals surface area contributed by atoms with E-state index in [1.165, 1.54) is 0 Å². The number of carbonyl (C=O) groups excluding carboxylic acids is 1. The Bertz CT molecular complexity index is 1170. The Kier molecular flexibility index (Phi) is 5.65. The number of aliphatic hydroxyl groups is 1. The molecule has 3 aromatic carbocycles. The van der Waals surface area contributed by atoms with Crippen LogP contribution in [0.15, 0.2) is 84.9 Å². The number of amides is 1. The Balaban J connectivity index is 1.69. The summed E-state index contributed by atoms with van der Waals surface area (Å²) in [7, 11) is 3.31. The lowest BCUT2D eigenvalue weighted by atomic mass is 9.76. The fourth-order valence-corrected chi connectivity index (χ4v) is 5.35. The standard InChI is InChI=1S/C28H27NO4/c1-32-20-14-12-19(13-15-20)27-23-16-25(33-2)21-10-6-7-11-22(21)26(23)28(31)29(27)24(17-30)18-8-4-3-5-9-18/h3-16,23-24,26-27,30H,17H2,1-2H3/t23-,24+,26+,27+/m1/s1. The van der Waals surface area contributed by atoms with Crippen LogP contribution in [0.2, 0.25) is 0 Å². The third kappa shape index (κ3) is 3.49. The maximum atomic E-state index is 14.1. The maximum Gasteiger partial charge on any atom is 0.231 e. The number of nitrogens with zero attached hydrogens (tertiary/aromatic N) is 1. The molecule has 1 fully saturated rings. The van der Waals surface area contributed by atoms with Gasteiger partial charge >= 0.3 is 0 Å². The number of hydrogen-bond donors (Lipinski definition) is 1. The van der Waals surface area contributed by atoms with E-state index < -0.39 is 6.04 Å². The van der Waals surface area contributed by atoms with Crippen LogP contribution >= 0.6 is 0 Å². The molecule has 33 heavy (non-hydrogen) atoms. The molecule has 4 atom stereocenters. The van der Waals surface area contributed by atoms with Gasteiger partial charge in [0.1, 0.15) is 11.5 Å². The first-order chi connectivity index (χ1) is 16.2. The molecule has 0 spiro atoms. The molecule has 5 nitrogen and oxygen atoms in total. The zero-order valence-corrected chi connectivity index (χ0v) is 18.7. The Morgan fingerprint density at radius 2 is 1.61 bits per heavy atom. The van der Waals surface area contributed by atoms with Gasteiger partial charge in [-0.05, 0) is 34.9 Å². The van der Waals surface area contributed by atoms with Gasteiger partial charge in [-0.1, -0.05) is 66.7 Å². The predicted molar refractivity (Wildman–Crippen MR) is 127 cm³/mol. The first kappa shape index (κ1) is 21.3. The lowest BCUT2D eigenvalue weighted by Gasteiger charge is -2.34. The Hall–Kier alpha value is -3.57. The highest BCUT2D eigenvalue weighted by atomic mass is 16.5. The van der Waals surface area contributed by atoms with Crippen LogP contribution in [0.4, 0.5) is 0 Å². The quantitative estimate of drug-likeness (QED) is 0.602. The van der Waals surface area contributed by atoms with Crippen molar-refractivity contribution in [1.29, 1.82) is 0 Å². The molecule has 1 aliphatic heterocycles. The molecule has 3 aromatic rings. The topological polar surface area (TPSA) is 59.0 Å². The summed E-state index contributed by atoms with van der Waals surface area (Å²) in [4.78, 5) is 16.0. The third-order valence-electron chi connectivity index (χ3n) is 6.85. The summed E-state index contributed by atoms with van der Waals surface area (Å²) < 4.78 is 11.1. The van der Waals surface area contributed by atoms with Crippen LogP contribution in [0, 0.1) is 5.92 Å². The van der Waals surface area contributed by atoms with E-state index in [-0.39, 0.29) is 30.4 Å². The second-order valence-electron chi connectivity index (χ2n) is 8.45. The Morgan fingerprint density at radius 1 is 0.909 bits per heavy atom. The predicted octanol–water partition coefficient (Wildman–Crippen LogP) is 4.71. The van der Waals surface area contributed by atoms with Gasteiger partial charge in [0.2, 0.25) is 5.91 Å². The van der Waals surface area contributed by atoms with E-state index in [0.717, 1.165) is 33.8 Å². The number of likely N-dealkylation sites (tertiary alicyclic amines) is 1. The van der Waals surface area contributed by atoms with Crippen molar-refractivity contribution in [3.63, 3.8) is 0 Å². The highest BCUT2D eigenvalue weighted by molar-refractivity contribution is 5.91. The first-order valence-corrected chi connectivity index (χ1v) is 11.1. The van der Waals surface area contributed by atoms with E-state index in [0.29, 0.717) is 0 Å². The van der Waals surface area contributed by atoms with E-state index in [4.69, 9.17) is 9.47 Å². The summed E-state index contributed by atoms with van der Waals surface area (Å²) in [5.74, 6) is 1.08. The van der Waals surface area contributed by atoms with Gasteiger partial charge in [0, 0.05) is 11.5 Å². The summed E-state index contributed by atoms with van der Waals surface area (Å²) in [6.45, 7) is -0.162. The van der Waals surface area contributed by atoms with Crippen molar-refractivity contribution in [2.24, 2.45) is 5.92 Å². The van der Waals surface area contributed by atoms with Crippen LogP contribution < -0.4 is 4.74 Å². The molecule has 5 heteroatoms. The number of hydrogen-bond acceptors (Lipinski definition) is 4. The van der Waals surface area contributed by atoms with Crippen molar-refractivity contribution in [3.8, 4) is 5.75 Å². The van der Waals surface area contributed by atoms with Crippen molar-refractivity contribution in [1.82, 2.24) is 4.90 Å². The molecule has 5 rings (SSSR count). The van der Waals surface area contributed by atoms with E-state index in [1.807, 2.05) is 83.8 Å².